The molecule has 2 nitrogen and oxygen atoms in total. The molecule has 0 amide bonds. The maximum Gasteiger partial charge on any atom is 0.119 e. The van der Waals surface area contributed by atoms with Crippen LogP contribution in [0.5, 0.6) is 5.75 Å². The molecule has 1 aromatic carbocycles. The van der Waals surface area contributed by atoms with Crippen LogP contribution in [0, 0.1) is 11.8 Å². The summed E-state index contributed by atoms with van der Waals surface area (Å²) >= 11 is 0. The first kappa shape index (κ1) is 20.9. The van der Waals surface area contributed by atoms with Crippen molar-refractivity contribution in [2.45, 2.75) is 78.1 Å². The van der Waals surface area contributed by atoms with Crippen molar-refractivity contribution >= 4 is 0 Å². The molecule has 0 unspecified atom stereocenters. The highest BCUT2D eigenvalue weighted by Gasteiger charge is 2.21. The number of pyridine rings is 1. The van der Waals surface area contributed by atoms with Crippen molar-refractivity contribution in [1.29, 1.82) is 0 Å². The van der Waals surface area contributed by atoms with E-state index in [1.54, 1.807) is 0 Å². The highest BCUT2D eigenvalue weighted by Crippen LogP contribution is 2.32. The third-order valence-electron chi connectivity index (χ3n) is 6.18. The summed E-state index contributed by atoms with van der Waals surface area (Å²) in [6.45, 7) is 5.36. The Bertz CT molecular complexity index is 669. The molecule has 1 saturated carbocycles. The molecule has 0 radical (unpaired) electrons. The van der Waals surface area contributed by atoms with Gasteiger partial charge in [-0.15, -0.1) is 0 Å². The standard InChI is InChI=1S/C26H37NO/c1-3-5-6-8-21-9-11-23(12-10-21)20-28-25-16-14-24(15-17-25)26-18-13-22(7-4-2)19-27-26/h13-19,21,23H,3-12,20H2,1-2H3. The van der Waals surface area contributed by atoms with Crippen LogP contribution in [0.4, 0.5) is 0 Å². The lowest BCUT2D eigenvalue weighted by Gasteiger charge is -2.28. The molecule has 0 spiro atoms. The quantitative estimate of drug-likeness (QED) is 0.399. The van der Waals surface area contributed by atoms with E-state index >= 15 is 0 Å². The topological polar surface area (TPSA) is 22.1 Å². The molecule has 152 valence electrons. The molecule has 3 rings (SSSR count). The fourth-order valence-electron chi connectivity index (χ4n) is 4.34. The molecule has 0 N–H and O–H groups in total. The maximum absolute atomic E-state index is 6.10. The van der Waals surface area contributed by atoms with Gasteiger partial charge < -0.3 is 4.74 Å². The zero-order chi connectivity index (χ0) is 19.6. The van der Waals surface area contributed by atoms with Gasteiger partial charge in [0.05, 0.1) is 12.3 Å². The smallest absolute Gasteiger partial charge is 0.119 e. The summed E-state index contributed by atoms with van der Waals surface area (Å²) in [6.07, 6.45) is 15.3. The molecular formula is C26H37NO. The number of aryl methyl sites for hydroxylation is 1. The van der Waals surface area contributed by atoms with Crippen LogP contribution in [0.3, 0.4) is 0 Å². The number of nitrogens with zero attached hydrogens (tertiary/aromatic N) is 1. The van der Waals surface area contributed by atoms with E-state index in [0.29, 0.717) is 0 Å². The average Bonchev–Trinajstić information content (AvgIpc) is 2.75. The zero-order valence-electron chi connectivity index (χ0n) is 17.8. The fraction of sp³-hybridized carbons (Fsp3) is 0.577. The van der Waals surface area contributed by atoms with E-state index in [0.717, 1.165) is 48.3 Å². The van der Waals surface area contributed by atoms with Crippen LogP contribution in [0.15, 0.2) is 42.6 Å². The molecule has 1 heterocycles. The van der Waals surface area contributed by atoms with Crippen molar-refractivity contribution in [3.05, 3.63) is 48.2 Å². The molecule has 1 aromatic heterocycles. The molecule has 2 aromatic rings. The number of hydrogen-bond acceptors (Lipinski definition) is 2. The molecule has 1 fully saturated rings. The molecule has 0 aliphatic heterocycles. The normalized spacial score (nSPS) is 19.5. The van der Waals surface area contributed by atoms with Gasteiger partial charge in [-0.25, -0.2) is 0 Å². The van der Waals surface area contributed by atoms with E-state index < -0.39 is 0 Å². The number of hydrogen-bond donors (Lipinski definition) is 0. The van der Waals surface area contributed by atoms with Crippen LogP contribution in [0.25, 0.3) is 11.3 Å². The predicted octanol–water partition coefficient (Wildman–Crippen LogP) is 7.47. The van der Waals surface area contributed by atoms with Gasteiger partial charge in [-0.2, -0.15) is 0 Å². The van der Waals surface area contributed by atoms with Crippen molar-refractivity contribution in [3.63, 3.8) is 0 Å². The molecule has 28 heavy (non-hydrogen) atoms. The van der Waals surface area contributed by atoms with Crippen LogP contribution in [-0.2, 0) is 6.42 Å². The Labute approximate surface area is 171 Å². The predicted molar refractivity (Wildman–Crippen MR) is 119 cm³/mol. The molecule has 1 aliphatic carbocycles. The first-order chi connectivity index (χ1) is 13.8. The van der Waals surface area contributed by atoms with Crippen molar-refractivity contribution < 1.29 is 4.74 Å². The SMILES string of the molecule is CCCCCC1CCC(COc2ccc(-c3ccc(CCC)cn3)cc2)CC1. The highest BCUT2D eigenvalue weighted by atomic mass is 16.5. The number of benzene rings is 1. The second kappa shape index (κ2) is 11.2. The molecule has 0 bridgehead atoms. The Morgan fingerprint density at radius 1 is 0.857 bits per heavy atom. The second-order valence-electron chi connectivity index (χ2n) is 8.52. The Balaban J connectivity index is 1.42. The second-order valence-corrected chi connectivity index (χ2v) is 8.52. The van der Waals surface area contributed by atoms with E-state index in [1.807, 2.05) is 6.20 Å². The number of aromatic nitrogens is 1. The third-order valence-corrected chi connectivity index (χ3v) is 6.18. The van der Waals surface area contributed by atoms with E-state index in [2.05, 4.69) is 55.2 Å². The van der Waals surface area contributed by atoms with Crippen molar-refractivity contribution in [2.24, 2.45) is 11.8 Å². The Kier molecular flexibility index (Phi) is 8.39. The molecule has 1 aliphatic rings. The number of rotatable bonds is 10. The van der Waals surface area contributed by atoms with Crippen LogP contribution in [-0.4, -0.2) is 11.6 Å². The monoisotopic (exact) mass is 379 g/mol. The van der Waals surface area contributed by atoms with E-state index in [4.69, 9.17) is 4.74 Å². The molecule has 2 heteroatoms. The molecule has 0 atom stereocenters. The van der Waals surface area contributed by atoms with Crippen LogP contribution in [0.2, 0.25) is 0 Å². The van der Waals surface area contributed by atoms with Crippen LogP contribution in [0.1, 0.15) is 77.2 Å². The summed E-state index contributed by atoms with van der Waals surface area (Å²) in [5.41, 5.74) is 3.50. The summed E-state index contributed by atoms with van der Waals surface area (Å²) in [5.74, 6) is 2.68. The largest absolute Gasteiger partial charge is 0.493 e. The average molecular weight is 380 g/mol. The van der Waals surface area contributed by atoms with Gasteiger partial charge in [-0.1, -0.05) is 64.9 Å². The van der Waals surface area contributed by atoms with E-state index in [1.165, 1.54) is 56.9 Å². The minimum atomic E-state index is 0.731. The summed E-state index contributed by atoms with van der Waals surface area (Å²) in [6, 6.07) is 12.7. The Hall–Kier alpha value is -1.83. The molecule has 0 saturated heterocycles. The summed E-state index contributed by atoms with van der Waals surface area (Å²) in [7, 11) is 0. The lowest BCUT2D eigenvalue weighted by Crippen LogP contribution is -2.20. The lowest BCUT2D eigenvalue weighted by molar-refractivity contribution is 0.177. The van der Waals surface area contributed by atoms with Crippen molar-refractivity contribution in [2.75, 3.05) is 6.61 Å². The first-order valence-electron chi connectivity index (χ1n) is 11.5. The Morgan fingerprint density at radius 2 is 1.61 bits per heavy atom. The van der Waals surface area contributed by atoms with Gasteiger partial charge >= 0.3 is 0 Å². The lowest BCUT2D eigenvalue weighted by atomic mass is 9.80. The Morgan fingerprint density at radius 3 is 2.25 bits per heavy atom. The zero-order valence-corrected chi connectivity index (χ0v) is 17.8. The van der Waals surface area contributed by atoms with Gasteiger partial charge in [0, 0.05) is 11.8 Å². The minimum absolute atomic E-state index is 0.731. The summed E-state index contributed by atoms with van der Waals surface area (Å²) < 4.78 is 6.10. The number of ether oxygens (including phenoxy) is 1. The van der Waals surface area contributed by atoms with Gasteiger partial charge in [0.15, 0.2) is 0 Å². The summed E-state index contributed by atoms with van der Waals surface area (Å²) in [4.78, 5) is 4.61. The van der Waals surface area contributed by atoms with E-state index in [-0.39, 0.29) is 0 Å². The van der Waals surface area contributed by atoms with Gasteiger partial charge in [0.25, 0.3) is 0 Å². The number of unbranched alkanes of at least 4 members (excludes halogenated alkanes) is 2. The molecular weight excluding hydrogens is 342 g/mol. The van der Waals surface area contributed by atoms with Gasteiger partial charge in [-0.05, 0) is 67.0 Å². The van der Waals surface area contributed by atoms with Gasteiger partial charge in [0.2, 0.25) is 0 Å². The van der Waals surface area contributed by atoms with Gasteiger partial charge in [0.1, 0.15) is 5.75 Å². The van der Waals surface area contributed by atoms with Crippen LogP contribution >= 0.6 is 0 Å². The maximum atomic E-state index is 6.10. The summed E-state index contributed by atoms with van der Waals surface area (Å²) in [5, 5.41) is 0. The highest BCUT2D eigenvalue weighted by molar-refractivity contribution is 5.60. The van der Waals surface area contributed by atoms with Crippen molar-refractivity contribution in [1.82, 2.24) is 4.98 Å². The van der Waals surface area contributed by atoms with Crippen molar-refractivity contribution in [3.8, 4) is 17.0 Å². The van der Waals surface area contributed by atoms with Crippen LogP contribution < -0.4 is 4.74 Å². The first-order valence-corrected chi connectivity index (χ1v) is 11.5. The minimum Gasteiger partial charge on any atom is -0.493 e. The fourth-order valence-corrected chi connectivity index (χ4v) is 4.34. The van der Waals surface area contributed by atoms with Gasteiger partial charge in [-0.3, -0.25) is 4.98 Å². The van der Waals surface area contributed by atoms with E-state index in [9.17, 15) is 0 Å². The third kappa shape index (κ3) is 6.36.